The van der Waals surface area contributed by atoms with Crippen molar-refractivity contribution in [2.75, 3.05) is 19.6 Å². The lowest BCUT2D eigenvalue weighted by atomic mass is 10.1. The van der Waals surface area contributed by atoms with Crippen LogP contribution in [0.15, 0.2) is 67.1 Å². The second-order valence-electron chi connectivity index (χ2n) is 7.20. The third-order valence-corrected chi connectivity index (χ3v) is 5.51. The minimum Gasteiger partial charge on any atom is -0.356 e. The van der Waals surface area contributed by atoms with E-state index in [4.69, 9.17) is 23.2 Å². The van der Waals surface area contributed by atoms with Gasteiger partial charge < -0.3 is 10.2 Å². The van der Waals surface area contributed by atoms with E-state index in [1.807, 2.05) is 36.4 Å². The molecule has 0 aliphatic rings. The first-order valence-corrected chi connectivity index (χ1v) is 11.1. The Bertz CT molecular complexity index is 1030. The summed E-state index contributed by atoms with van der Waals surface area (Å²) in [5, 5.41) is 4.04. The van der Waals surface area contributed by atoms with Crippen LogP contribution in [0.2, 0.25) is 10.0 Å². The summed E-state index contributed by atoms with van der Waals surface area (Å²) in [6.45, 7) is 1.21. The topological polar surface area (TPSA) is 75.2 Å². The van der Waals surface area contributed by atoms with Crippen LogP contribution in [0.5, 0.6) is 0 Å². The van der Waals surface area contributed by atoms with E-state index in [0.717, 1.165) is 11.1 Å². The Morgan fingerprint density at radius 2 is 1.78 bits per heavy atom. The number of aromatic nitrogens is 2. The number of hydrogen-bond donors (Lipinski definition) is 1. The Morgan fingerprint density at radius 3 is 2.50 bits per heavy atom. The van der Waals surface area contributed by atoms with Crippen molar-refractivity contribution in [1.29, 1.82) is 0 Å². The summed E-state index contributed by atoms with van der Waals surface area (Å²) < 4.78 is 0. The summed E-state index contributed by atoms with van der Waals surface area (Å²) in [6, 6.07) is 15.2. The Balaban J connectivity index is 1.53. The third-order valence-electron chi connectivity index (χ3n) is 4.92. The SMILES string of the molecule is O=C(CCN(CCc1ccccc1)C(=O)c1cnccn1)NCCc1ccc(Cl)cc1Cl. The average molecular weight is 471 g/mol. The summed E-state index contributed by atoms with van der Waals surface area (Å²) in [7, 11) is 0. The molecule has 0 unspecified atom stereocenters. The Hall–Kier alpha value is -2.96. The highest BCUT2D eigenvalue weighted by Gasteiger charge is 2.18. The minimum atomic E-state index is -0.241. The maximum Gasteiger partial charge on any atom is 0.274 e. The molecular weight excluding hydrogens is 447 g/mol. The van der Waals surface area contributed by atoms with Gasteiger partial charge in [-0.2, -0.15) is 0 Å². The van der Waals surface area contributed by atoms with E-state index in [1.165, 1.54) is 18.6 Å². The van der Waals surface area contributed by atoms with Gasteiger partial charge in [-0.25, -0.2) is 4.98 Å². The van der Waals surface area contributed by atoms with Gasteiger partial charge in [0.2, 0.25) is 5.91 Å². The molecule has 1 heterocycles. The molecule has 6 nitrogen and oxygen atoms in total. The van der Waals surface area contributed by atoms with Gasteiger partial charge in [0.25, 0.3) is 5.91 Å². The second kappa shape index (κ2) is 12.2. The van der Waals surface area contributed by atoms with Crippen LogP contribution < -0.4 is 5.32 Å². The molecule has 0 aliphatic heterocycles. The molecular formula is C24H24Cl2N4O2. The highest BCUT2D eigenvalue weighted by atomic mass is 35.5. The third kappa shape index (κ3) is 7.32. The molecule has 1 aromatic heterocycles. The molecule has 0 bridgehead atoms. The fraction of sp³-hybridized carbons (Fsp3) is 0.250. The zero-order valence-corrected chi connectivity index (χ0v) is 19.0. The van der Waals surface area contributed by atoms with Crippen molar-refractivity contribution in [2.24, 2.45) is 0 Å². The van der Waals surface area contributed by atoms with E-state index in [-0.39, 0.29) is 30.5 Å². The standard InChI is InChI=1S/C24H24Cl2N4O2/c25-20-7-6-19(21(26)16-20)8-11-29-23(31)10-15-30(14-9-18-4-2-1-3-5-18)24(32)22-17-27-12-13-28-22/h1-7,12-13,16-17H,8-11,14-15H2,(H,29,31). The summed E-state index contributed by atoms with van der Waals surface area (Å²) in [5.41, 5.74) is 2.30. The number of nitrogens with zero attached hydrogens (tertiary/aromatic N) is 3. The van der Waals surface area contributed by atoms with E-state index in [2.05, 4.69) is 15.3 Å². The van der Waals surface area contributed by atoms with Crippen LogP contribution in [0.1, 0.15) is 28.0 Å². The molecule has 166 valence electrons. The fourth-order valence-electron chi connectivity index (χ4n) is 3.18. The van der Waals surface area contributed by atoms with Crippen LogP contribution in [0, 0.1) is 0 Å². The summed E-state index contributed by atoms with van der Waals surface area (Å²) in [5.74, 6) is -0.374. The average Bonchev–Trinajstić information content (AvgIpc) is 2.81. The molecule has 8 heteroatoms. The normalized spacial score (nSPS) is 10.6. The molecule has 0 saturated carbocycles. The van der Waals surface area contributed by atoms with Crippen molar-refractivity contribution in [3.63, 3.8) is 0 Å². The minimum absolute atomic E-state index is 0.133. The lowest BCUT2D eigenvalue weighted by molar-refractivity contribution is -0.121. The quantitative estimate of drug-likeness (QED) is 0.481. The Morgan fingerprint density at radius 1 is 0.969 bits per heavy atom. The van der Waals surface area contributed by atoms with Gasteiger partial charge >= 0.3 is 0 Å². The van der Waals surface area contributed by atoms with Gasteiger partial charge in [0, 0.05) is 48.5 Å². The molecule has 2 amide bonds. The van der Waals surface area contributed by atoms with E-state index in [0.29, 0.717) is 36.0 Å². The maximum atomic E-state index is 12.9. The van der Waals surface area contributed by atoms with Crippen molar-refractivity contribution in [2.45, 2.75) is 19.3 Å². The molecule has 0 aliphatic carbocycles. The predicted molar refractivity (Wildman–Crippen MR) is 126 cm³/mol. The Labute approximate surface area is 197 Å². The molecule has 3 rings (SSSR count). The highest BCUT2D eigenvalue weighted by Crippen LogP contribution is 2.21. The molecule has 0 saturated heterocycles. The van der Waals surface area contributed by atoms with Crippen molar-refractivity contribution in [1.82, 2.24) is 20.2 Å². The zero-order valence-electron chi connectivity index (χ0n) is 17.5. The molecule has 0 spiro atoms. The van der Waals surface area contributed by atoms with Crippen LogP contribution in [0.25, 0.3) is 0 Å². The zero-order chi connectivity index (χ0) is 22.8. The van der Waals surface area contributed by atoms with Crippen LogP contribution in [0.4, 0.5) is 0 Å². The van der Waals surface area contributed by atoms with Gasteiger partial charge in [-0.1, -0.05) is 59.6 Å². The van der Waals surface area contributed by atoms with Crippen LogP contribution in [0.3, 0.4) is 0 Å². The van der Waals surface area contributed by atoms with Gasteiger partial charge in [-0.05, 0) is 36.1 Å². The first kappa shape index (κ1) is 23.7. The molecule has 0 radical (unpaired) electrons. The van der Waals surface area contributed by atoms with E-state index in [1.54, 1.807) is 17.0 Å². The van der Waals surface area contributed by atoms with E-state index in [9.17, 15) is 9.59 Å². The summed E-state index contributed by atoms with van der Waals surface area (Å²) >= 11 is 12.1. The Kier molecular flexibility index (Phi) is 9.01. The molecule has 0 fully saturated rings. The number of nitrogens with one attached hydrogen (secondary N) is 1. The van der Waals surface area contributed by atoms with Crippen LogP contribution >= 0.6 is 23.2 Å². The molecule has 0 atom stereocenters. The number of amides is 2. The van der Waals surface area contributed by atoms with Crippen LogP contribution in [-0.2, 0) is 17.6 Å². The van der Waals surface area contributed by atoms with Gasteiger partial charge in [0.1, 0.15) is 5.69 Å². The van der Waals surface area contributed by atoms with Gasteiger partial charge in [-0.15, -0.1) is 0 Å². The smallest absolute Gasteiger partial charge is 0.274 e. The molecule has 1 N–H and O–H groups in total. The van der Waals surface area contributed by atoms with E-state index >= 15 is 0 Å². The number of hydrogen-bond acceptors (Lipinski definition) is 4. The van der Waals surface area contributed by atoms with Crippen molar-refractivity contribution < 1.29 is 9.59 Å². The number of rotatable bonds is 10. The summed E-state index contributed by atoms with van der Waals surface area (Å²) in [6.07, 6.45) is 5.91. The molecule has 2 aromatic carbocycles. The first-order chi connectivity index (χ1) is 15.5. The molecule has 32 heavy (non-hydrogen) atoms. The highest BCUT2D eigenvalue weighted by molar-refractivity contribution is 6.35. The maximum absolute atomic E-state index is 12.9. The number of carbonyl (C=O) groups is 2. The van der Waals surface area contributed by atoms with Crippen LogP contribution in [-0.4, -0.2) is 46.3 Å². The number of carbonyl (C=O) groups excluding carboxylic acids is 2. The number of halogens is 2. The van der Waals surface area contributed by atoms with Gasteiger partial charge in [-0.3, -0.25) is 14.6 Å². The second-order valence-corrected chi connectivity index (χ2v) is 8.05. The van der Waals surface area contributed by atoms with Crippen molar-refractivity contribution in [3.05, 3.63) is 94.0 Å². The monoisotopic (exact) mass is 470 g/mol. The van der Waals surface area contributed by atoms with Crippen molar-refractivity contribution >= 4 is 35.0 Å². The predicted octanol–water partition coefficient (Wildman–Crippen LogP) is 4.22. The van der Waals surface area contributed by atoms with Gasteiger partial charge in [0.15, 0.2) is 0 Å². The lowest BCUT2D eigenvalue weighted by Gasteiger charge is -2.22. The lowest BCUT2D eigenvalue weighted by Crippen LogP contribution is -2.37. The fourth-order valence-corrected chi connectivity index (χ4v) is 3.68. The first-order valence-electron chi connectivity index (χ1n) is 10.3. The number of benzene rings is 2. The largest absolute Gasteiger partial charge is 0.356 e. The molecule has 3 aromatic rings. The van der Waals surface area contributed by atoms with E-state index < -0.39 is 0 Å². The van der Waals surface area contributed by atoms with Gasteiger partial charge in [0.05, 0.1) is 6.20 Å². The van der Waals surface area contributed by atoms with Crippen molar-refractivity contribution in [3.8, 4) is 0 Å². The summed E-state index contributed by atoms with van der Waals surface area (Å²) in [4.78, 5) is 35.0.